The van der Waals surface area contributed by atoms with Crippen LogP contribution in [0.25, 0.3) is 16.2 Å². The molecule has 0 saturated carbocycles. The Bertz CT molecular complexity index is 1060. The molecule has 0 spiro atoms. The van der Waals surface area contributed by atoms with Gasteiger partial charge in [0.05, 0.1) is 11.9 Å². The van der Waals surface area contributed by atoms with Crippen molar-refractivity contribution >= 4 is 27.1 Å². The van der Waals surface area contributed by atoms with E-state index in [1.165, 1.54) is 0 Å². The van der Waals surface area contributed by atoms with Crippen LogP contribution >= 0.6 is 11.3 Å². The number of hydrogen-bond acceptors (Lipinski definition) is 6. The van der Waals surface area contributed by atoms with Gasteiger partial charge in [0.1, 0.15) is 0 Å². The molecule has 6 nitrogen and oxygen atoms in total. The molecular formula is C18H14N4O2S. The summed E-state index contributed by atoms with van der Waals surface area (Å²) in [6.07, 6.45) is 1.86. The Kier molecular flexibility index (Phi) is 3.14. The number of benzene rings is 2. The van der Waals surface area contributed by atoms with E-state index in [0.29, 0.717) is 0 Å². The standard InChI is InChI=1S/C18H14N4O2S/c1-21(13-7-8-15-16(9-13)24-11-23-15)18-20-22-14(10-19-17(22)25-18)12-5-3-2-4-6-12/h2-10H,11H2,1H3. The molecule has 0 N–H and O–H groups in total. The predicted molar refractivity (Wildman–Crippen MR) is 96.9 cm³/mol. The zero-order valence-electron chi connectivity index (χ0n) is 13.4. The smallest absolute Gasteiger partial charge is 0.231 e. The van der Waals surface area contributed by atoms with E-state index < -0.39 is 0 Å². The van der Waals surface area contributed by atoms with Gasteiger partial charge in [0.2, 0.25) is 16.9 Å². The molecule has 1 aliphatic heterocycles. The zero-order chi connectivity index (χ0) is 16.8. The summed E-state index contributed by atoms with van der Waals surface area (Å²) in [5, 5.41) is 5.61. The van der Waals surface area contributed by atoms with E-state index in [1.54, 1.807) is 11.3 Å². The molecule has 25 heavy (non-hydrogen) atoms. The molecule has 0 atom stereocenters. The van der Waals surface area contributed by atoms with Crippen molar-refractivity contribution in [2.45, 2.75) is 0 Å². The fourth-order valence-electron chi connectivity index (χ4n) is 2.83. The second-order valence-corrected chi connectivity index (χ2v) is 6.62. The van der Waals surface area contributed by atoms with Gasteiger partial charge >= 0.3 is 0 Å². The number of hydrogen-bond donors (Lipinski definition) is 0. The highest BCUT2D eigenvalue weighted by atomic mass is 32.1. The van der Waals surface area contributed by atoms with Gasteiger partial charge < -0.3 is 14.4 Å². The van der Waals surface area contributed by atoms with Crippen molar-refractivity contribution in [3.63, 3.8) is 0 Å². The molecule has 1 aliphatic rings. The lowest BCUT2D eigenvalue weighted by molar-refractivity contribution is 0.174. The quantitative estimate of drug-likeness (QED) is 0.560. The van der Waals surface area contributed by atoms with Crippen LogP contribution in [0.5, 0.6) is 11.5 Å². The maximum absolute atomic E-state index is 5.46. The molecule has 3 heterocycles. The Morgan fingerprint density at radius 3 is 2.80 bits per heavy atom. The summed E-state index contributed by atoms with van der Waals surface area (Å²) in [7, 11) is 1.98. The lowest BCUT2D eigenvalue weighted by Crippen LogP contribution is -2.09. The monoisotopic (exact) mass is 350 g/mol. The third-order valence-corrected chi connectivity index (χ3v) is 5.17. The third kappa shape index (κ3) is 2.32. The Balaban J connectivity index is 1.54. The van der Waals surface area contributed by atoms with Crippen molar-refractivity contribution in [3.8, 4) is 22.8 Å². The van der Waals surface area contributed by atoms with Gasteiger partial charge in [-0.1, -0.05) is 41.7 Å². The Morgan fingerprint density at radius 2 is 1.92 bits per heavy atom. The highest BCUT2D eigenvalue weighted by Gasteiger charge is 2.18. The van der Waals surface area contributed by atoms with Gasteiger partial charge in [0, 0.05) is 24.4 Å². The number of rotatable bonds is 3. The second-order valence-electron chi connectivity index (χ2n) is 5.69. The Morgan fingerprint density at radius 1 is 1.08 bits per heavy atom. The third-order valence-electron chi connectivity index (χ3n) is 4.17. The Hall–Kier alpha value is -3.06. The molecule has 0 unspecified atom stereocenters. The van der Waals surface area contributed by atoms with Crippen molar-refractivity contribution in [2.24, 2.45) is 0 Å². The van der Waals surface area contributed by atoms with Gasteiger partial charge in [-0.25, -0.2) is 9.50 Å². The van der Waals surface area contributed by atoms with Gasteiger partial charge in [-0.2, -0.15) is 0 Å². The fourth-order valence-corrected chi connectivity index (χ4v) is 3.69. The minimum atomic E-state index is 0.272. The van der Waals surface area contributed by atoms with Gasteiger partial charge in [0.25, 0.3) is 0 Å². The van der Waals surface area contributed by atoms with Gasteiger partial charge in [-0.3, -0.25) is 0 Å². The number of ether oxygens (including phenoxy) is 2. The zero-order valence-corrected chi connectivity index (χ0v) is 14.2. The van der Waals surface area contributed by atoms with Crippen LogP contribution in [-0.2, 0) is 0 Å². The molecule has 0 aliphatic carbocycles. The molecule has 5 rings (SSSR count). The number of imidazole rings is 1. The van der Waals surface area contributed by atoms with E-state index in [0.717, 1.165) is 38.5 Å². The second kappa shape index (κ2) is 5.49. The average Bonchev–Trinajstić information content (AvgIpc) is 3.36. The number of nitrogens with zero attached hydrogens (tertiary/aromatic N) is 4. The van der Waals surface area contributed by atoms with Crippen LogP contribution in [0.1, 0.15) is 0 Å². The normalized spacial score (nSPS) is 12.7. The molecule has 2 aromatic heterocycles. The SMILES string of the molecule is CN(c1ccc2c(c1)OCO2)c1nn2c(-c3ccccc3)cnc2s1. The van der Waals surface area contributed by atoms with Crippen molar-refractivity contribution < 1.29 is 9.47 Å². The van der Waals surface area contributed by atoms with Crippen molar-refractivity contribution in [1.82, 2.24) is 14.6 Å². The first-order valence-electron chi connectivity index (χ1n) is 7.83. The molecule has 2 aromatic carbocycles. The first kappa shape index (κ1) is 14.3. The molecule has 7 heteroatoms. The molecule has 4 aromatic rings. The maximum atomic E-state index is 5.46. The molecule has 0 saturated heterocycles. The number of fused-ring (bicyclic) bond motifs is 2. The van der Waals surface area contributed by atoms with Crippen LogP contribution in [0.15, 0.2) is 54.7 Å². The first-order chi connectivity index (χ1) is 12.3. The predicted octanol–water partition coefficient (Wildman–Crippen LogP) is 3.95. The van der Waals surface area contributed by atoms with Gasteiger partial charge in [-0.05, 0) is 12.1 Å². The van der Waals surface area contributed by atoms with E-state index in [1.807, 2.05) is 59.1 Å². The molecule has 0 radical (unpaired) electrons. The van der Waals surface area contributed by atoms with Crippen LogP contribution in [-0.4, -0.2) is 28.4 Å². The average molecular weight is 350 g/mol. The van der Waals surface area contributed by atoms with Crippen LogP contribution in [0.4, 0.5) is 10.8 Å². The summed E-state index contributed by atoms with van der Waals surface area (Å²) >= 11 is 1.54. The largest absolute Gasteiger partial charge is 0.454 e. The van der Waals surface area contributed by atoms with Crippen molar-refractivity contribution in [1.29, 1.82) is 0 Å². The molecule has 0 fully saturated rings. The van der Waals surface area contributed by atoms with Gasteiger partial charge in [-0.15, -0.1) is 5.10 Å². The maximum Gasteiger partial charge on any atom is 0.231 e. The fraction of sp³-hybridized carbons (Fsp3) is 0.111. The number of anilines is 2. The summed E-state index contributed by atoms with van der Waals surface area (Å²) in [4.78, 5) is 7.38. The topological polar surface area (TPSA) is 51.9 Å². The first-order valence-corrected chi connectivity index (χ1v) is 8.64. The minimum absolute atomic E-state index is 0.272. The summed E-state index contributed by atoms with van der Waals surface area (Å²) in [5.41, 5.74) is 3.07. The van der Waals surface area contributed by atoms with Crippen molar-refractivity contribution in [2.75, 3.05) is 18.7 Å². The van der Waals surface area contributed by atoms with E-state index in [4.69, 9.17) is 14.6 Å². The molecule has 0 bridgehead atoms. The summed E-state index contributed by atoms with van der Waals surface area (Å²) < 4.78 is 12.7. The molecular weight excluding hydrogens is 336 g/mol. The van der Waals surface area contributed by atoms with E-state index in [-0.39, 0.29) is 6.79 Å². The highest BCUT2D eigenvalue weighted by Crippen LogP contribution is 2.38. The lowest BCUT2D eigenvalue weighted by Gasteiger charge is -2.15. The summed E-state index contributed by atoms with van der Waals surface area (Å²) in [5.74, 6) is 1.54. The van der Waals surface area contributed by atoms with E-state index in [2.05, 4.69) is 17.1 Å². The minimum Gasteiger partial charge on any atom is -0.454 e. The van der Waals surface area contributed by atoms with Crippen LogP contribution in [0.2, 0.25) is 0 Å². The van der Waals surface area contributed by atoms with Gasteiger partial charge in [0.15, 0.2) is 11.5 Å². The highest BCUT2D eigenvalue weighted by molar-refractivity contribution is 7.20. The van der Waals surface area contributed by atoms with E-state index in [9.17, 15) is 0 Å². The summed E-state index contributed by atoms with van der Waals surface area (Å²) in [6, 6.07) is 16.0. The van der Waals surface area contributed by atoms with Crippen LogP contribution < -0.4 is 14.4 Å². The molecule has 124 valence electrons. The molecule has 0 amide bonds. The number of aromatic nitrogens is 3. The van der Waals surface area contributed by atoms with E-state index >= 15 is 0 Å². The summed E-state index contributed by atoms with van der Waals surface area (Å²) in [6.45, 7) is 0.272. The van der Waals surface area contributed by atoms with Crippen molar-refractivity contribution in [3.05, 3.63) is 54.7 Å². The lowest BCUT2D eigenvalue weighted by atomic mass is 10.2. The van der Waals surface area contributed by atoms with Crippen LogP contribution in [0.3, 0.4) is 0 Å². The van der Waals surface area contributed by atoms with Crippen LogP contribution in [0, 0.1) is 0 Å². The Labute approximate surface area is 147 Å².